The number of carbonyl (C=O) groups excluding carboxylic acids is 2. The van der Waals surface area contributed by atoms with Gasteiger partial charge in [0.25, 0.3) is 5.91 Å². The zero-order valence-corrected chi connectivity index (χ0v) is 20.3. The number of carbonyl (C=O) groups is 2. The van der Waals surface area contributed by atoms with Crippen LogP contribution in [0, 0.1) is 5.92 Å². The molecule has 0 spiro atoms. The lowest BCUT2D eigenvalue weighted by Crippen LogP contribution is -2.40. The first-order valence-electron chi connectivity index (χ1n) is 12.2. The quantitative estimate of drug-likeness (QED) is 0.361. The van der Waals surface area contributed by atoms with Gasteiger partial charge in [-0.2, -0.15) is 18.3 Å². The van der Waals surface area contributed by atoms with Crippen molar-refractivity contribution >= 4 is 11.8 Å². The number of hydrogen-bond acceptors (Lipinski definition) is 4. The summed E-state index contributed by atoms with van der Waals surface area (Å²) >= 11 is 0. The molecule has 0 fully saturated rings. The number of aryl methyl sites for hydroxylation is 1. The summed E-state index contributed by atoms with van der Waals surface area (Å²) in [5, 5.41) is 8.81. The van der Waals surface area contributed by atoms with Crippen LogP contribution < -0.4 is 10.6 Å². The third-order valence-electron chi connectivity index (χ3n) is 6.39. The van der Waals surface area contributed by atoms with E-state index in [4.69, 9.17) is 0 Å². The number of hydrogen-bond donors (Lipinski definition) is 2. The first-order valence-corrected chi connectivity index (χ1v) is 12.2. The second kappa shape index (κ2) is 10.5. The molecule has 38 heavy (non-hydrogen) atoms. The number of nitrogens with one attached hydrogen (secondary N) is 2. The van der Waals surface area contributed by atoms with Gasteiger partial charge in [0.2, 0.25) is 5.91 Å². The van der Waals surface area contributed by atoms with E-state index in [-0.39, 0.29) is 24.9 Å². The highest BCUT2D eigenvalue weighted by atomic mass is 19.4. The molecule has 2 aromatic carbocycles. The number of imidazole rings is 1. The summed E-state index contributed by atoms with van der Waals surface area (Å²) in [6.45, 7) is 0.544. The Morgan fingerprint density at radius 1 is 0.947 bits per heavy atom. The van der Waals surface area contributed by atoms with Crippen molar-refractivity contribution in [2.24, 2.45) is 5.92 Å². The van der Waals surface area contributed by atoms with E-state index in [0.29, 0.717) is 25.1 Å². The van der Waals surface area contributed by atoms with E-state index in [1.54, 1.807) is 30.3 Å². The van der Waals surface area contributed by atoms with Gasteiger partial charge in [0.1, 0.15) is 5.82 Å². The van der Waals surface area contributed by atoms with E-state index in [9.17, 15) is 22.8 Å². The minimum atomic E-state index is -4.80. The number of nitrogens with zero attached hydrogens (tertiary/aromatic N) is 4. The maximum Gasteiger partial charge on any atom is 0.435 e. The normalized spacial score (nSPS) is 15.1. The predicted molar refractivity (Wildman–Crippen MR) is 133 cm³/mol. The van der Waals surface area contributed by atoms with Crippen molar-refractivity contribution < 1.29 is 22.8 Å². The molecule has 1 aliphatic rings. The van der Waals surface area contributed by atoms with Gasteiger partial charge in [0.15, 0.2) is 5.69 Å². The van der Waals surface area contributed by atoms with E-state index >= 15 is 0 Å². The lowest BCUT2D eigenvalue weighted by atomic mass is 9.98. The molecule has 2 amide bonds. The van der Waals surface area contributed by atoms with Crippen LogP contribution in [-0.4, -0.2) is 44.2 Å². The molecule has 0 bridgehead atoms. The predicted octanol–water partition coefficient (Wildman–Crippen LogP) is 3.86. The monoisotopic (exact) mass is 522 g/mol. The summed E-state index contributed by atoms with van der Waals surface area (Å²) in [6.07, 6.45) is -0.503. The minimum absolute atomic E-state index is 0.0282. The zero-order valence-electron chi connectivity index (χ0n) is 20.3. The molecule has 4 aromatic rings. The number of rotatable bonds is 7. The standard InChI is InChI=1S/C27H25F3N6O2/c28-27(29,30)24-21(16-36(34-24)20-9-5-2-6-10-20)26(38)32-14-13-31-25(37)19-11-12-23-33-22(17-35(23)15-19)18-7-3-1-4-8-18/h1-10,16-17,19H,11-15H2,(H,31,37)(H,32,38). The highest BCUT2D eigenvalue weighted by Crippen LogP contribution is 2.31. The summed E-state index contributed by atoms with van der Waals surface area (Å²) in [6, 6.07) is 18.0. The van der Waals surface area contributed by atoms with Gasteiger partial charge in [-0.3, -0.25) is 9.59 Å². The van der Waals surface area contributed by atoms with E-state index in [1.807, 2.05) is 41.1 Å². The van der Waals surface area contributed by atoms with Gasteiger partial charge < -0.3 is 15.2 Å². The van der Waals surface area contributed by atoms with Gasteiger partial charge >= 0.3 is 6.18 Å². The SMILES string of the molecule is O=C(NCCNC(=O)C1CCc2nc(-c3ccccc3)cn2C1)c1cn(-c2ccccc2)nc1C(F)(F)F. The Hall–Kier alpha value is -4.41. The summed E-state index contributed by atoms with van der Waals surface area (Å²) in [5.74, 6) is -0.427. The highest BCUT2D eigenvalue weighted by Gasteiger charge is 2.39. The summed E-state index contributed by atoms with van der Waals surface area (Å²) in [7, 11) is 0. The number of halogens is 3. The van der Waals surface area contributed by atoms with Gasteiger partial charge in [0, 0.05) is 44.0 Å². The smallest absolute Gasteiger partial charge is 0.354 e. The Morgan fingerprint density at radius 2 is 1.63 bits per heavy atom. The summed E-state index contributed by atoms with van der Waals surface area (Å²) in [4.78, 5) is 30.0. The van der Waals surface area contributed by atoms with Crippen LogP contribution >= 0.6 is 0 Å². The maximum absolute atomic E-state index is 13.5. The number of amides is 2. The fourth-order valence-corrected chi connectivity index (χ4v) is 4.47. The van der Waals surface area contributed by atoms with Crippen LogP contribution in [0.4, 0.5) is 13.2 Å². The van der Waals surface area contributed by atoms with Gasteiger partial charge in [-0.1, -0.05) is 48.5 Å². The largest absolute Gasteiger partial charge is 0.435 e. The van der Waals surface area contributed by atoms with Crippen molar-refractivity contribution in [3.63, 3.8) is 0 Å². The minimum Gasteiger partial charge on any atom is -0.354 e. The molecule has 2 N–H and O–H groups in total. The van der Waals surface area contributed by atoms with Crippen LogP contribution in [0.5, 0.6) is 0 Å². The van der Waals surface area contributed by atoms with Crippen molar-refractivity contribution in [3.05, 3.63) is 90.1 Å². The third-order valence-corrected chi connectivity index (χ3v) is 6.39. The topological polar surface area (TPSA) is 93.8 Å². The molecule has 0 saturated carbocycles. The third kappa shape index (κ3) is 5.46. The van der Waals surface area contributed by atoms with Crippen LogP contribution in [0.25, 0.3) is 16.9 Å². The number of aromatic nitrogens is 4. The summed E-state index contributed by atoms with van der Waals surface area (Å²) in [5.41, 5.74) is 0.416. The first kappa shape index (κ1) is 25.2. The number of benzene rings is 2. The molecule has 2 aromatic heterocycles. The lowest BCUT2D eigenvalue weighted by Gasteiger charge is -2.23. The average molecular weight is 523 g/mol. The Labute approximate surface area is 216 Å². The highest BCUT2D eigenvalue weighted by molar-refractivity contribution is 5.95. The van der Waals surface area contributed by atoms with Crippen molar-refractivity contribution in [1.82, 2.24) is 30.0 Å². The Bertz CT molecular complexity index is 1430. The Kier molecular flexibility index (Phi) is 6.99. The van der Waals surface area contributed by atoms with Crippen LogP contribution in [0.15, 0.2) is 73.1 Å². The average Bonchev–Trinajstić information content (AvgIpc) is 3.57. The number of fused-ring (bicyclic) bond motifs is 1. The number of para-hydroxylation sites is 1. The van der Waals surface area contributed by atoms with Gasteiger partial charge in [-0.15, -0.1) is 0 Å². The van der Waals surface area contributed by atoms with E-state index < -0.39 is 23.3 Å². The molecule has 1 aliphatic heterocycles. The number of alkyl halides is 3. The van der Waals surface area contributed by atoms with Crippen LogP contribution in [0.2, 0.25) is 0 Å². The molecule has 1 atom stereocenters. The van der Waals surface area contributed by atoms with Crippen molar-refractivity contribution in [2.75, 3.05) is 13.1 Å². The van der Waals surface area contributed by atoms with Gasteiger partial charge in [-0.05, 0) is 18.6 Å². The molecular formula is C27H25F3N6O2. The molecule has 0 radical (unpaired) electrons. The molecule has 8 nitrogen and oxygen atoms in total. The Morgan fingerprint density at radius 3 is 2.34 bits per heavy atom. The molecule has 1 unspecified atom stereocenters. The fraction of sp³-hybridized carbons (Fsp3) is 0.259. The first-order chi connectivity index (χ1) is 18.3. The molecule has 11 heteroatoms. The second-order valence-corrected chi connectivity index (χ2v) is 9.01. The molecule has 0 saturated heterocycles. The van der Waals surface area contributed by atoms with Crippen LogP contribution in [0.1, 0.15) is 28.3 Å². The van der Waals surface area contributed by atoms with E-state index in [1.165, 1.54) is 0 Å². The molecular weight excluding hydrogens is 497 g/mol. The van der Waals surface area contributed by atoms with Crippen molar-refractivity contribution in [2.45, 2.75) is 25.6 Å². The van der Waals surface area contributed by atoms with Gasteiger partial charge in [0.05, 0.1) is 22.9 Å². The van der Waals surface area contributed by atoms with Gasteiger partial charge in [-0.25, -0.2) is 9.67 Å². The molecule has 5 rings (SSSR count). The Balaban J connectivity index is 1.15. The lowest BCUT2D eigenvalue weighted by molar-refractivity contribution is -0.141. The molecule has 196 valence electrons. The van der Waals surface area contributed by atoms with Crippen molar-refractivity contribution in [3.8, 4) is 16.9 Å². The molecule has 0 aliphatic carbocycles. The van der Waals surface area contributed by atoms with Crippen LogP contribution in [0.3, 0.4) is 0 Å². The zero-order chi connectivity index (χ0) is 26.7. The maximum atomic E-state index is 13.5. The van der Waals surface area contributed by atoms with E-state index in [0.717, 1.165) is 28.0 Å². The summed E-state index contributed by atoms with van der Waals surface area (Å²) < 4.78 is 43.6. The second-order valence-electron chi connectivity index (χ2n) is 9.01. The van der Waals surface area contributed by atoms with Crippen LogP contribution in [-0.2, 0) is 23.9 Å². The fourth-order valence-electron chi connectivity index (χ4n) is 4.47. The molecule has 3 heterocycles. The van der Waals surface area contributed by atoms with Crippen molar-refractivity contribution in [1.29, 1.82) is 0 Å². The van der Waals surface area contributed by atoms with E-state index in [2.05, 4.69) is 20.7 Å².